The van der Waals surface area contributed by atoms with Gasteiger partial charge in [-0.3, -0.25) is 0 Å². The highest BCUT2D eigenvalue weighted by atomic mass is 13.6. The fourth-order valence-corrected chi connectivity index (χ4v) is 0.803. The molecule has 0 spiro atoms. The fourth-order valence-electron chi connectivity index (χ4n) is 0.803. The van der Waals surface area contributed by atoms with Crippen molar-refractivity contribution in [2.24, 2.45) is 0 Å². The lowest BCUT2D eigenvalue weighted by atomic mass is 9.47. The van der Waals surface area contributed by atoms with Crippen LogP contribution in [0, 0.1) is 0 Å². The Bertz CT molecular complexity index is 43.8. The summed E-state index contributed by atoms with van der Waals surface area (Å²) in [5, 5.41) is 0. The van der Waals surface area contributed by atoms with E-state index < -0.39 is 0 Å². The summed E-state index contributed by atoms with van der Waals surface area (Å²) in [6.45, 7) is 7.73. The highest BCUT2D eigenvalue weighted by Crippen LogP contribution is 1.97. The van der Waals surface area contributed by atoms with E-state index in [9.17, 15) is 0 Å². The van der Waals surface area contributed by atoms with Gasteiger partial charge in [0.2, 0.25) is 0 Å². The Morgan fingerprint density at radius 1 is 1.38 bits per heavy atom. The molecule has 2 heteroatoms. The summed E-state index contributed by atoms with van der Waals surface area (Å²) in [6, 6.07) is 0. The Balaban J connectivity index is 2.72. The zero-order valence-corrected chi connectivity index (χ0v) is 6.41. The lowest BCUT2D eigenvalue weighted by Crippen LogP contribution is -1.99. The van der Waals surface area contributed by atoms with Crippen molar-refractivity contribution < 1.29 is 0 Å². The summed E-state index contributed by atoms with van der Waals surface area (Å²) in [4.78, 5) is 0. The van der Waals surface area contributed by atoms with Crippen LogP contribution in [-0.2, 0) is 0 Å². The van der Waals surface area contributed by atoms with E-state index in [1.54, 1.807) is 0 Å². The van der Waals surface area contributed by atoms with Gasteiger partial charge in [0, 0.05) is 0 Å². The third-order valence-electron chi connectivity index (χ3n) is 1.39. The monoisotopic (exact) mass is 110 g/mol. The molecule has 0 atom stereocenters. The van der Waals surface area contributed by atoms with Gasteiger partial charge in [-0.05, 0) is 0 Å². The number of hydrogen-bond acceptors (Lipinski definition) is 0. The standard InChI is InChI=1S/C6H16B2/c1-4-7-5-6-8(2)3/h7H,4-6H2,1-3H3. The second-order valence-corrected chi connectivity index (χ2v) is 2.89. The van der Waals surface area contributed by atoms with Crippen LogP contribution in [0.4, 0.5) is 0 Å². The molecular formula is C6H16B2. The van der Waals surface area contributed by atoms with E-state index in [4.69, 9.17) is 0 Å². The predicted molar refractivity (Wildman–Crippen MR) is 44.7 cm³/mol. The minimum Gasteiger partial charge on any atom is -0.0863 e. The molecule has 0 heterocycles. The van der Waals surface area contributed by atoms with Crippen LogP contribution in [0.25, 0.3) is 0 Å². The summed E-state index contributed by atoms with van der Waals surface area (Å²) < 4.78 is 0. The summed E-state index contributed by atoms with van der Waals surface area (Å²) in [6.07, 6.45) is 4.19. The molecule has 0 aromatic carbocycles. The summed E-state index contributed by atoms with van der Waals surface area (Å²) in [5.41, 5.74) is 0. The van der Waals surface area contributed by atoms with Crippen molar-refractivity contribution in [3.8, 4) is 0 Å². The van der Waals surface area contributed by atoms with Gasteiger partial charge in [0.15, 0.2) is 0 Å². The van der Waals surface area contributed by atoms with Gasteiger partial charge in [-0.1, -0.05) is 39.5 Å². The maximum absolute atomic E-state index is 2.29. The molecule has 0 aliphatic heterocycles. The van der Waals surface area contributed by atoms with Gasteiger partial charge in [-0.25, -0.2) is 0 Å². The van der Waals surface area contributed by atoms with E-state index in [2.05, 4.69) is 20.6 Å². The predicted octanol–water partition coefficient (Wildman–Crippen LogP) is 2.03. The lowest BCUT2D eigenvalue weighted by molar-refractivity contribution is 1.33. The largest absolute Gasteiger partial charge is 0.132 e. The van der Waals surface area contributed by atoms with Crippen LogP contribution < -0.4 is 0 Å². The van der Waals surface area contributed by atoms with Crippen molar-refractivity contribution in [3.05, 3.63) is 0 Å². The summed E-state index contributed by atoms with van der Waals surface area (Å²) >= 11 is 0. The molecule has 0 nitrogen and oxygen atoms in total. The first-order chi connectivity index (χ1) is 3.77. The highest BCUT2D eigenvalue weighted by molar-refractivity contribution is 6.57. The SMILES string of the molecule is CCBCCB(C)C. The molecule has 0 aromatic rings. The molecule has 46 valence electrons. The van der Waals surface area contributed by atoms with Crippen LogP contribution >= 0.6 is 0 Å². The maximum atomic E-state index is 2.29. The van der Waals surface area contributed by atoms with Gasteiger partial charge in [0.1, 0.15) is 14.0 Å². The van der Waals surface area contributed by atoms with Gasteiger partial charge in [0.05, 0.1) is 0 Å². The van der Waals surface area contributed by atoms with E-state index in [-0.39, 0.29) is 0 Å². The van der Waals surface area contributed by atoms with Crippen molar-refractivity contribution in [1.82, 2.24) is 0 Å². The van der Waals surface area contributed by atoms with Crippen LogP contribution in [0.5, 0.6) is 0 Å². The molecule has 8 heavy (non-hydrogen) atoms. The van der Waals surface area contributed by atoms with Gasteiger partial charge in [0.25, 0.3) is 0 Å². The molecule has 0 saturated heterocycles. The zero-order chi connectivity index (χ0) is 6.41. The zero-order valence-electron chi connectivity index (χ0n) is 6.41. The second kappa shape index (κ2) is 5.27. The molecule has 0 bridgehead atoms. The van der Waals surface area contributed by atoms with E-state index in [0.29, 0.717) is 0 Å². The smallest absolute Gasteiger partial charge is 0.0863 e. The van der Waals surface area contributed by atoms with Gasteiger partial charge >= 0.3 is 0 Å². The molecule has 0 saturated carbocycles. The maximum Gasteiger partial charge on any atom is 0.132 e. The van der Waals surface area contributed by atoms with Crippen molar-refractivity contribution in [1.29, 1.82) is 0 Å². The van der Waals surface area contributed by atoms with Crippen molar-refractivity contribution in [2.45, 2.75) is 39.5 Å². The van der Waals surface area contributed by atoms with E-state index >= 15 is 0 Å². The third-order valence-corrected chi connectivity index (χ3v) is 1.39. The van der Waals surface area contributed by atoms with Crippen LogP contribution in [0.3, 0.4) is 0 Å². The topological polar surface area (TPSA) is 0 Å². The molecule has 0 unspecified atom stereocenters. The molecular weight excluding hydrogens is 93.7 g/mol. The summed E-state index contributed by atoms with van der Waals surface area (Å²) in [5.74, 6) is 0. The van der Waals surface area contributed by atoms with Crippen molar-refractivity contribution in [3.63, 3.8) is 0 Å². The van der Waals surface area contributed by atoms with E-state index in [1.807, 2.05) is 0 Å². The first-order valence-electron chi connectivity index (χ1n) is 3.77. The fraction of sp³-hybridized carbons (Fsp3) is 1.00. The van der Waals surface area contributed by atoms with Crippen LogP contribution in [0.2, 0.25) is 32.6 Å². The van der Waals surface area contributed by atoms with Crippen LogP contribution in [0.15, 0.2) is 0 Å². The third kappa shape index (κ3) is 6.13. The molecule has 0 radical (unpaired) electrons. The molecule has 0 aromatic heterocycles. The lowest BCUT2D eigenvalue weighted by Gasteiger charge is -1.95. The molecule has 0 fully saturated rings. The molecule has 0 amide bonds. The Kier molecular flexibility index (Phi) is 5.36. The molecule has 0 aliphatic carbocycles. The quantitative estimate of drug-likeness (QED) is 0.383. The van der Waals surface area contributed by atoms with Crippen LogP contribution in [-0.4, -0.2) is 14.0 Å². The Morgan fingerprint density at radius 2 is 2.00 bits per heavy atom. The summed E-state index contributed by atoms with van der Waals surface area (Å²) in [7, 11) is 1.41. The molecule has 0 rings (SSSR count). The average molecular weight is 110 g/mol. The highest BCUT2D eigenvalue weighted by Gasteiger charge is 1.96. The van der Waals surface area contributed by atoms with Gasteiger partial charge < -0.3 is 0 Å². The van der Waals surface area contributed by atoms with Crippen molar-refractivity contribution in [2.75, 3.05) is 0 Å². The Hall–Kier alpha value is 0.130. The first kappa shape index (κ1) is 8.13. The molecule has 0 N–H and O–H groups in total. The first-order valence-corrected chi connectivity index (χ1v) is 3.77. The second-order valence-electron chi connectivity index (χ2n) is 2.89. The number of hydrogen-bond donors (Lipinski definition) is 0. The minimum atomic E-state index is 0.904. The van der Waals surface area contributed by atoms with Crippen molar-refractivity contribution >= 4 is 14.0 Å². The minimum absolute atomic E-state index is 0.904. The van der Waals surface area contributed by atoms with E-state index in [0.717, 1.165) is 6.71 Å². The molecule has 0 aliphatic rings. The Labute approximate surface area is 54.4 Å². The van der Waals surface area contributed by atoms with Crippen LogP contribution in [0.1, 0.15) is 6.92 Å². The van der Waals surface area contributed by atoms with E-state index in [1.165, 1.54) is 26.2 Å². The van der Waals surface area contributed by atoms with Gasteiger partial charge in [-0.15, -0.1) is 0 Å². The normalized spacial score (nSPS) is 8.88. The number of rotatable bonds is 4. The van der Waals surface area contributed by atoms with Gasteiger partial charge in [-0.2, -0.15) is 0 Å². The average Bonchev–Trinajstić information content (AvgIpc) is 1.66. The Morgan fingerprint density at radius 3 is 2.38 bits per heavy atom.